The quantitative estimate of drug-likeness (QED) is 0.233. The molecule has 40 heavy (non-hydrogen) atoms. The molecular formula is C38H24N2. The van der Waals surface area contributed by atoms with Gasteiger partial charge in [-0.15, -0.1) is 0 Å². The van der Waals surface area contributed by atoms with E-state index >= 15 is 0 Å². The molecule has 0 radical (unpaired) electrons. The Kier molecular flexibility index (Phi) is 4.83. The Bertz CT molecular complexity index is 1920. The van der Waals surface area contributed by atoms with E-state index in [1.165, 1.54) is 50.3 Å². The highest BCUT2D eigenvalue weighted by molar-refractivity contribution is 6.00. The molecule has 0 bridgehead atoms. The standard InChI is InChI=1S/C38H24N2/c39-25-26-21-23-27(24-22-26)29-14-10-18-34-37(29)30-13-4-5-15-31(30)38(34)32-16-6-8-19-35(32)40(28-11-2-1-3-12-28)36-20-9-7-17-33(36)38/h1-24H. The number of fused-ring (bicyclic) bond motifs is 9. The Morgan fingerprint density at radius 2 is 1.02 bits per heavy atom. The molecule has 2 aliphatic rings. The third-order valence-electron chi connectivity index (χ3n) is 8.51. The lowest BCUT2D eigenvalue weighted by molar-refractivity contribution is 0.753. The van der Waals surface area contributed by atoms with Crippen molar-refractivity contribution in [2.24, 2.45) is 0 Å². The molecule has 0 fully saturated rings. The zero-order chi connectivity index (χ0) is 26.7. The molecule has 1 heterocycles. The van der Waals surface area contributed by atoms with Gasteiger partial charge >= 0.3 is 0 Å². The maximum atomic E-state index is 9.39. The molecule has 6 aromatic carbocycles. The molecule has 0 saturated carbocycles. The molecule has 0 atom stereocenters. The van der Waals surface area contributed by atoms with E-state index in [1.807, 2.05) is 12.1 Å². The molecule has 6 aromatic rings. The van der Waals surface area contributed by atoms with Crippen molar-refractivity contribution in [2.75, 3.05) is 4.90 Å². The Hall–Kier alpha value is -5.39. The second-order valence-corrected chi connectivity index (χ2v) is 10.4. The molecule has 0 amide bonds. The van der Waals surface area contributed by atoms with Crippen molar-refractivity contribution in [1.82, 2.24) is 0 Å². The predicted molar refractivity (Wildman–Crippen MR) is 162 cm³/mol. The highest BCUT2D eigenvalue weighted by Gasteiger charge is 2.52. The van der Waals surface area contributed by atoms with Gasteiger partial charge in [0.15, 0.2) is 0 Å². The lowest BCUT2D eigenvalue weighted by atomic mass is 9.64. The predicted octanol–water partition coefficient (Wildman–Crippen LogP) is 9.37. The Morgan fingerprint density at radius 3 is 1.70 bits per heavy atom. The van der Waals surface area contributed by atoms with Crippen molar-refractivity contribution >= 4 is 17.1 Å². The van der Waals surface area contributed by atoms with Gasteiger partial charge < -0.3 is 4.90 Å². The van der Waals surface area contributed by atoms with Gasteiger partial charge in [-0.2, -0.15) is 5.26 Å². The zero-order valence-corrected chi connectivity index (χ0v) is 21.8. The number of hydrogen-bond donors (Lipinski definition) is 0. The van der Waals surface area contributed by atoms with Gasteiger partial charge in [0, 0.05) is 5.69 Å². The van der Waals surface area contributed by atoms with Crippen molar-refractivity contribution < 1.29 is 0 Å². The minimum atomic E-state index is -0.465. The number of rotatable bonds is 2. The fourth-order valence-electron chi connectivity index (χ4n) is 6.97. The van der Waals surface area contributed by atoms with Gasteiger partial charge in [0.25, 0.3) is 0 Å². The average molecular weight is 509 g/mol. The molecule has 0 saturated heterocycles. The summed E-state index contributed by atoms with van der Waals surface area (Å²) in [6.07, 6.45) is 0. The summed E-state index contributed by atoms with van der Waals surface area (Å²) in [6.45, 7) is 0. The summed E-state index contributed by atoms with van der Waals surface area (Å²) in [7, 11) is 0. The number of nitrogens with zero attached hydrogens (tertiary/aromatic N) is 2. The minimum absolute atomic E-state index is 0.465. The van der Waals surface area contributed by atoms with E-state index in [-0.39, 0.29) is 0 Å². The maximum Gasteiger partial charge on any atom is 0.0991 e. The van der Waals surface area contributed by atoms with Crippen LogP contribution >= 0.6 is 0 Å². The highest BCUT2D eigenvalue weighted by atomic mass is 15.2. The van der Waals surface area contributed by atoms with Crippen LogP contribution in [0.25, 0.3) is 22.3 Å². The van der Waals surface area contributed by atoms with Crippen molar-refractivity contribution in [1.29, 1.82) is 5.26 Å². The monoisotopic (exact) mass is 508 g/mol. The molecule has 0 aromatic heterocycles. The summed E-state index contributed by atoms with van der Waals surface area (Å²) in [5, 5.41) is 9.39. The van der Waals surface area contributed by atoms with E-state index in [4.69, 9.17) is 0 Å². The molecule has 1 aliphatic heterocycles. The van der Waals surface area contributed by atoms with Gasteiger partial charge in [0.05, 0.1) is 28.4 Å². The number of anilines is 3. The topological polar surface area (TPSA) is 27.0 Å². The van der Waals surface area contributed by atoms with E-state index in [1.54, 1.807) is 0 Å². The van der Waals surface area contributed by atoms with Gasteiger partial charge in [-0.3, -0.25) is 0 Å². The summed E-state index contributed by atoms with van der Waals surface area (Å²) >= 11 is 0. The largest absolute Gasteiger partial charge is 0.310 e. The lowest BCUT2D eigenvalue weighted by Crippen LogP contribution is -2.36. The summed E-state index contributed by atoms with van der Waals surface area (Å²) in [6, 6.07) is 54.2. The smallest absolute Gasteiger partial charge is 0.0991 e. The first-order valence-corrected chi connectivity index (χ1v) is 13.6. The van der Waals surface area contributed by atoms with E-state index in [2.05, 4.69) is 144 Å². The summed E-state index contributed by atoms with van der Waals surface area (Å²) in [5.74, 6) is 0. The molecule has 0 unspecified atom stereocenters. The van der Waals surface area contributed by atoms with Gasteiger partial charge in [-0.05, 0) is 80.9 Å². The number of para-hydroxylation sites is 3. The lowest BCUT2D eigenvalue weighted by Gasteiger charge is -2.45. The van der Waals surface area contributed by atoms with Crippen LogP contribution < -0.4 is 4.90 Å². The van der Waals surface area contributed by atoms with Crippen LogP contribution in [-0.4, -0.2) is 0 Å². The normalized spacial score (nSPS) is 13.6. The van der Waals surface area contributed by atoms with E-state index in [0.29, 0.717) is 5.56 Å². The number of hydrogen-bond acceptors (Lipinski definition) is 2. The van der Waals surface area contributed by atoms with Crippen LogP contribution in [0.15, 0.2) is 146 Å². The molecule has 0 N–H and O–H groups in total. The molecular weight excluding hydrogens is 484 g/mol. The third-order valence-corrected chi connectivity index (χ3v) is 8.51. The van der Waals surface area contributed by atoms with E-state index < -0.39 is 5.41 Å². The Morgan fingerprint density at radius 1 is 0.475 bits per heavy atom. The summed E-state index contributed by atoms with van der Waals surface area (Å²) in [4.78, 5) is 2.40. The van der Waals surface area contributed by atoms with Crippen molar-refractivity contribution in [3.63, 3.8) is 0 Å². The Labute approximate surface area is 234 Å². The van der Waals surface area contributed by atoms with Crippen molar-refractivity contribution in [3.8, 4) is 28.3 Å². The first kappa shape index (κ1) is 22.6. The second kappa shape index (κ2) is 8.56. The van der Waals surface area contributed by atoms with Crippen LogP contribution in [0.5, 0.6) is 0 Å². The summed E-state index contributed by atoms with van der Waals surface area (Å²) < 4.78 is 0. The van der Waals surface area contributed by atoms with Crippen LogP contribution in [0.1, 0.15) is 27.8 Å². The highest BCUT2D eigenvalue weighted by Crippen LogP contribution is 2.64. The van der Waals surface area contributed by atoms with Crippen molar-refractivity contribution in [2.45, 2.75) is 5.41 Å². The molecule has 1 aliphatic carbocycles. The van der Waals surface area contributed by atoms with Gasteiger partial charge in [-0.25, -0.2) is 0 Å². The molecule has 8 rings (SSSR count). The molecule has 2 nitrogen and oxygen atoms in total. The number of benzene rings is 6. The van der Waals surface area contributed by atoms with Crippen molar-refractivity contribution in [3.05, 3.63) is 173 Å². The molecule has 186 valence electrons. The Balaban J connectivity index is 1.50. The maximum absolute atomic E-state index is 9.39. The summed E-state index contributed by atoms with van der Waals surface area (Å²) in [5.41, 5.74) is 13.7. The van der Waals surface area contributed by atoms with Crippen LogP contribution in [0.3, 0.4) is 0 Å². The van der Waals surface area contributed by atoms with Gasteiger partial charge in [0.2, 0.25) is 0 Å². The van der Waals surface area contributed by atoms with Crippen LogP contribution in [0, 0.1) is 11.3 Å². The number of nitriles is 1. The van der Waals surface area contributed by atoms with E-state index in [9.17, 15) is 5.26 Å². The third kappa shape index (κ3) is 2.92. The fourth-order valence-corrected chi connectivity index (χ4v) is 6.97. The SMILES string of the molecule is N#Cc1ccc(-c2cccc3c2-c2ccccc2C32c3ccccc3N(c3ccccc3)c3ccccc32)cc1. The van der Waals surface area contributed by atoms with E-state index in [0.717, 1.165) is 11.3 Å². The zero-order valence-electron chi connectivity index (χ0n) is 21.8. The van der Waals surface area contributed by atoms with Gasteiger partial charge in [0.1, 0.15) is 0 Å². The van der Waals surface area contributed by atoms with Crippen LogP contribution in [-0.2, 0) is 5.41 Å². The van der Waals surface area contributed by atoms with Crippen LogP contribution in [0.4, 0.5) is 17.1 Å². The molecule has 1 spiro atoms. The van der Waals surface area contributed by atoms with Crippen LogP contribution in [0.2, 0.25) is 0 Å². The second-order valence-electron chi connectivity index (χ2n) is 10.4. The first-order chi connectivity index (χ1) is 19.8. The minimum Gasteiger partial charge on any atom is -0.310 e. The van der Waals surface area contributed by atoms with Gasteiger partial charge in [-0.1, -0.05) is 109 Å². The average Bonchev–Trinajstić information content (AvgIpc) is 3.33. The first-order valence-electron chi connectivity index (χ1n) is 13.6. The fraction of sp³-hybridized carbons (Fsp3) is 0.0263. The molecule has 2 heteroatoms.